The zero-order valence-corrected chi connectivity index (χ0v) is 19.9. The highest BCUT2D eigenvalue weighted by Crippen LogP contribution is 2.40. The summed E-state index contributed by atoms with van der Waals surface area (Å²) in [6, 6.07) is 11.1. The van der Waals surface area contributed by atoms with Gasteiger partial charge in [0.15, 0.2) is 0 Å². The van der Waals surface area contributed by atoms with E-state index in [0.29, 0.717) is 17.7 Å². The normalized spacial score (nSPS) is 16.3. The number of hydrogen-bond acceptors (Lipinski definition) is 4. The number of nitrogens with one attached hydrogen (secondary N) is 2. The third kappa shape index (κ3) is 4.75. The average molecular weight is 461 g/mol. The van der Waals surface area contributed by atoms with Crippen LogP contribution in [0.1, 0.15) is 36.8 Å². The van der Waals surface area contributed by atoms with E-state index in [2.05, 4.69) is 53.6 Å². The van der Waals surface area contributed by atoms with Gasteiger partial charge in [0.2, 0.25) is 0 Å². The van der Waals surface area contributed by atoms with Crippen LogP contribution in [0.3, 0.4) is 0 Å². The van der Waals surface area contributed by atoms with Crippen LogP contribution in [0.4, 0.5) is 0 Å². The number of rotatable bonds is 6. The molecule has 4 aromatic rings. The van der Waals surface area contributed by atoms with Crippen molar-refractivity contribution in [2.75, 3.05) is 13.2 Å². The fourth-order valence-corrected chi connectivity index (χ4v) is 5.04. The first kappa shape index (κ1) is 21.9. The quantitative estimate of drug-likeness (QED) is 0.346. The Bertz CT molecular complexity index is 1240. The molecule has 0 spiro atoms. The van der Waals surface area contributed by atoms with Crippen LogP contribution in [-0.2, 0) is 0 Å². The van der Waals surface area contributed by atoms with Gasteiger partial charge in [-0.05, 0) is 57.4 Å². The summed E-state index contributed by atoms with van der Waals surface area (Å²) < 4.78 is 6.55. The summed E-state index contributed by atoms with van der Waals surface area (Å²) in [6.07, 6.45) is 10.3. The van der Waals surface area contributed by atoms with Crippen molar-refractivity contribution < 1.29 is 4.74 Å². The topological polar surface area (TPSA) is 62.8 Å². The Morgan fingerprint density at radius 1 is 1.00 bits per heavy atom. The van der Waals surface area contributed by atoms with Crippen LogP contribution in [0.2, 0.25) is 5.02 Å². The minimum Gasteiger partial charge on any atom is -0.492 e. The number of aromatic amines is 1. The van der Waals surface area contributed by atoms with Gasteiger partial charge in [0.05, 0.1) is 23.3 Å². The molecule has 3 heterocycles. The van der Waals surface area contributed by atoms with Crippen molar-refractivity contribution in [2.45, 2.75) is 45.6 Å². The van der Waals surface area contributed by atoms with Gasteiger partial charge >= 0.3 is 0 Å². The zero-order chi connectivity index (χ0) is 22.8. The van der Waals surface area contributed by atoms with Crippen LogP contribution >= 0.6 is 11.6 Å². The highest BCUT2D eigenvalue weighted by molar-refractivity contribution is 6.34. The third-order valence-electron chi connectivity index (χ3n) is 6.37. The van der Waals surface area contributed by atoms with Crippen LogP contribution < -0.4 is 10.1 Å². The van der Waals surface area contributed by atoms with Crippen molar-refractivity contribution in [1.29, 1.82) is 0 Å². The summed E-state index contributed by atoms with van der Waals surface area (Å²) >= 11 is 6.62. The van der Waals surface area contributed by atoms with E-state index in [9.17, 15) is 0 Å². The second kappa shape index (κ2) is 9.54. The lowest BCUT2D eigenvalue weighted by Crippen LogP contribution is -2.35. The fourth-order valence-electron chi connectivity index (χ4n) is 4.77. The number of aryl methyl sites for hydroxylation is 2. The molecule has 33 heavy (non-hydrogen) atoms. The van der Waals surface area contributed by atoms with Gasteiger partial charge in [-0.1, -0.05) is 47.3 Å². The second-order valence-electron chi connectivity index (χ2n) is 9.00. The lowest BCUT2D eigenvalue weighted by Gasteiger charge is -2.24. The molecule has 1 aliphatic heterocycles. The number of halogens is 1. The van der Waals surface area contributed by atoms with Crippen molar-refractivity contribution in [3.8, 4) is 28.0 Å². The molecule has 0 aliphatic carbocycles. The molecule has 0 bridgehead atoms. The van der Waals surface area contributed by atoms with Crippen LogP contribution in [0.15, 0.2) is 48.9 Å². The van der Waals surface area contributed by atoms with Gasteiger partial charge in [-0.2, -0.15) is 5.10 Å². The molecule has 0 amide bonds. The Morgan fingerprint density at radius 2 is 1.85 bits per heavy atom. The lowest BCUT2D eigenvalue weighted by molar-refractivity contribution is 0.271. The molecule has 2 N–H and O–H groups in total. The fraction of sp³-hybridized carbons (Fsp3) is 0.333. The van der Waals surface area contributed by atoms with Gasteiger partial charge in [-0.25, -0.2) is 0 Å². The zero-order valence-electron chi connectivity index (χ0n) is 19.1. The Labute approximate surface area is 199 Å². The number of pyridine rings is 1. The molecule has 5 rings (SSSR count). The average Bonchev–Trinajstić information content (AvgIpc) is 3.33. The van der Waals surface area contributed by atoms with Gasteiger partial charge in [-0.15, -0.1) is 0 Å². The number of benzene rings is 2. The van der Waals surface area contributed by atoms with E-state index in [0.717, 1.165) is 51.9 Å². The molecule has 5 nitrogen and oxygen atoms in total. The minimum atomic E-state index is 0.521. The monoisotopic (exact) mass is 460 g/mol. The molecule has 1 atom stereocenters. The Kier molecular flexibility index (Phi) is 6.34. The summed E-state index contributed by atoms with van der Waals surface area (Å²) in [5, 5.41) is 12.2. The molecule has 1 unspecified atom stereocenters. The SMILES string of the molecule is Cc1cc(C)cc(-c2cnc3cc(Cl)c(-c4cn[nH]c4)cc3c2OCCC2CCCCN2)c1. The van der Waals surface area contributed by atoms with Crippen molar-refractivity contribution in [3.05, 3.63) is 65.1 Å². The van der Waals surface area contributed by atoms with Gasteiger partial charge in [-0.3, -0.25) is 10.1 Å². The molecular formula is C27H29ClN4O. The summed E-state index contributed by atoms with van der Waals surface area (Å²) in [6.45, 7) is 6.00. The number of fused-ring (bicyclic) bond motifs is 1. The van der Waals surface area contributed by atoms with E-state index in [4.69, 9.17) is 21.3 Å². The molecule has 2 aromatic heterocycles. The minimum absolute atomic E-state index is 0.521. The maximum Gasteiger partial charge on any atom is 0.138 e. The Balaban J connectivity index is 1.59. The number of hydrogen-bond donors (Lipinski definition) is 2. The summed E-state index contributed by atoms with van der Waals surface area (Å²) in [7, 11) is 0. The van der Waals surface area contributed by atoms with Gasteiger partial charge in [0, 0.05) is 40.5 Å². The first-order valence-corrected chi connectivity index (χ1v) is 12.0. The van der Waals surface area contributed by atoms with Crippen LogP contribution in [0, 0.1) is 13.8 Å². The van der Waals surface area contributed by atoms with Crippen molar-refractivity contribution in [3.63, 3.8) is 0 Å². The summed E-state index contributed by atoms with van der Waals surface area (Å²) in [4.78, 5) is 4.76. The predicted octanol–water partition coefficient (Wildman–Crippen LogP) is 6.47. The molecule has 1 aliphatic rings. The van der Waals surface area contributed by atoms with Gasteiger partial charge in [0.1, 0.15) is 5.75 Å². The maximum atomic E-state index is 6.62. The smallest absolute Gasteiger partial charge is 0.138 e. The largest absolute Gasteiger partial charge is 0.492 e. The molecule has 0 radical (unpaired) electrons. The van der Waals surface area contributed by atoms with E-state index < -0.39 is 0 Å². The van der Waals surface area contributed by atoms with Crippen LogP contribution in [0.25, 0.3) is 33.2 Å². The summed E-state index contributed by atoms with van der Waals surface area (Å²) in [5.41, 5.74) is 7.24. The number of H-pyrrole nitrogens is 1. The van der Waals surface area contributed by atoms with Crippen LogP contribution in [-0.4, -0.2) is 34.4 Å². The molecule has 0 saturated carbocycles. The predicted molar refractivity (Wildman–Crippen MR) is 135 cm³/mol. The van der Waals surface area contributed by atoms with Crippen LogP contribution in [0.5, 0.6) is 5.75 Å². The molecule has 2 aromatic carbocycles. The number of piperidine rings is 1. The molecular weight excluding hydrogens is 432 g/mol. The summed E-state index contributed by atoms with van der Waals surface area (Å²) in [5.74, 6) is 0.863. The Morgan fingerprint density at radius 3 is 2.58 bits per heavy atom. The van der Waals surface area contributed by atoms with E-state index in [1.165, 1.54) is 30.4 Å². The first-order chi connectivity index (χ1) is 16.1. The van der Waals surface area contributed by atoms with Crippen molar-refractivity contribution >= 4 is 22.5 Å². The molecule has 1 fully saturated rings. The number of nitrogens with zero attached hydrogens (tertiary/aromatic N) is 2. The molecule has 170 valence electrons. The first-order valence-electron chi connectivity index (χ1n) is 11.6. The standard InChI is InChI=1S/C27H29ClN4O/c1-17-9-18(2)11-19(10-17)24-16-30-26-13-25(28)22(20-14-31-32-15-20)12-23(26)27(24)33-8-6-21-5-3-4-7-29-21/h9-16,21,29H,3-8H2,1-2H3,(H,31,32). The van der Waals surface area contributed by atoms with Crippen molar-refractivity contribution in [1.82, 2.24) is 20.5 Å². The second-order valence-corrected chi connectivity index (χ2v) is 9.40. The number of aromatic nitrogens is 3. The third-order valence-corrected chi connectivity index (χ3v) is 6.69. The highest BCUT2D eigenvalue weighted by atomic mass is 35.5. The Hall–Kier alpha value is -2.89. The van der Waals surface area contributed by atoms with Gasteiger partial charge in [0.25, 0.3) is 0 Å². The van der Waals surface area contributed by atoms with Crippen molar-refractivity contribution in [2.24, 2.45) is 0 Å². The lowest BCUT2D eigenvalue weighted by atomic mass is 9.98. The highest BCUT2D eigenvalue weighted by Gasteiger charge is 2.18. The van der Waals surface area contributed by atoms with E-state index >= 15 is 0 Å². The molecule has 6 heteroatoms. The molecule has 1 saturated heterocycles. The van der Waals surface area contributed by atoms with E-state index in [-0.39, 0.29) is 0 Å². The number of ether oxygens (including phenoxy) is 1. The van der Waals surface area contributed by atoms with E-state index in [1.807, 2.05) is 18.5 Å². The maximum absolute atomic E-state index is 6.62. The van der Waals surface area contributed by atoms with E-state index in [1.54, 1.807) is 6.20 Å². The van der Waals surface area contributed by atoms with Gasteiger partial charge < -0.3 is 10.1 Å².